The quantitative estimate of drug-likeness (QED) is 0.306. The summed E-state index contributed by atoms with van der Waals surface area (Å²) in [6.07, 6.45) is 2.38. The second-order valence-corrected chi connectivity index (χ2v) is 9.00. The first-order chi connectivity index (χ1) is 13.8. The minimum Gasteiger partial charge on any atom is -0.266 e. The summed E-state index contributed by atoms with van der Waals surface area (Å²) in [5, 5.41) is 1.30. The lowest BCUT2D eigenvalue weighted by atomic mass is 9.97. The van der Waals surface area contributed by atoms with Gasteiger partial charge in [-0.25, -0.2) is 0 Å². The lowest BCUT2D eigenvalue weighted by molar-refractivity contribution is 0.325. The molecule has 0 saturated heterocycles. The van der Waals surface area contributed by atoms with Crippen LogP contribution in [0.2, 0.25) is 10.0 Å². The molecule has 0 amide bonds. The maximum absolute atomic E-state index is 12.3. The second kappa shape index (κ2) is 9.59. The van der Waals surface area contributed by atoms with E-state index in [4.69, 9.17) is 27.4 Å². The summed E-state index contributed by atoms with van der Waals surface area (Å²) >= 11 is 12.0. The fraction of sp³-hybridized carbons (Fsp3) is 0.130. The molecule has 0 aromatic heterocycles. The van der Waals surface area contributed by atoms with Gasteiger partial charge in [0.25, 0.3) is 10.1 Å². The van der Waals surface area contributed by atoms with Crippen molar-refractivity contribution in [2.24, 2.45) is 0 Å². The van der Waals surface area contributed by atoms with Crippen LogP contribution in [0.5, 0.6) is 0 Å². The third-order valence-corrected chi connectivity index (χ3v) is 6.16. The molecule has 0 atom stereocenters. The Kier molecular flexibility index (Phi) is 7.14. The van der Waals surface area contributed by atoms with E-state index in [0.29, 0.717) is 16.5 Å². The molecule has 0 unspecified atom stereocenters. The Bertz CT molecular complexity index is 1040. The van der Waals surface area contributed by atoms with Crippen LogP contribution in [0.4, 0.5) is 0 Å². The molecule has 3 rings (SSSR count). The van der Waals surface area contributed by atoms with Crippen molar-refractivity contribution in [1.29, 1.82) is 0 Å². The molecule has 3 nitrogen and oxygen atoms in total. The predicted molar refractivity (Wildman–Crippen MR) is 119 cm³/mol. The van der Waals surface area contributed by atoms with Crippen molar-refractivity contribution >= 4 is 38.9 Å². The predicted octanol–water partition coefficient (Wildman–Crippen LogP) is 6.53. The van der Waals surface area contributed by atoms with E-state index in [2.05, 4.69) is 0 Å². The Hall–Kier alpha value is -2.11. The number of hydrogen-bond acceptors (Lipinski definition) is 3. The molecule has 150 valence electrons. The average molecular weight is 447 g/mol. The molecule has 0 bridgehead atoms. The van der Waals surface area contributed by atoms with E-state index >= 15 is 0 Å². The fourth-order valence-corrected chi connectivity index (χ4v) is 3.97. The second-order valence-electron chi connectivity index (χ2n) is 6.51. The van der Waals surface area contributed by atoms with E-state index in [1.807, 2.05) is 61.5 Å². The molecule has 0 aliphatic carbocycles. The van der Waals surface area contributed by atoms with Crippen molar-refractivity contribution in [3.05, 3.63) is 106 Å². The van der Waals surface area contributed by atoms with Gasteiger partial charge in [-0.15, -0.1) is 0 Å². The van der Waals surface area contributed by atoms with Gasteiger partial charge in [-0.3, -0.25) is 4.18 Å². The Balaban J connectivity index is 1.77. The summed E-state index contributed by atoms with van der Waals surface area (Å²) in [5.41, 5.74) is 3.88. The van der Waals surface area contributed by atoms with E-state index in [1.54, 1.807) is 24.3 Å². The van der Waals surface area contributed by atoms with Crippen LogP contribution in [-0.2, 0) is 14.3 Å². The molecule has 3 aromatic carbocycles. The summed E-state index contributed by atoms with van der Waals surface area (Å²) in [4.78, 5) is 0.155. The third-order valence-electron chi connectivity index (χ3n) is 4.32. The standard InChI is InChI=1S/C23H20Cl2O3S/c1-17-4-14-22(15-5-17)29(26,27)28-16-2-3-23(18-6-10-20(24)11-7-18)19-8-12-21(25)13-9-19/h3-15H,2,16H2,1H3. The first-order valence-corrected chi connectivity index (χ1v) is 11.2. The van der Waals surface area contributed by atoms with Crippen molar-refractivity contribution in [2.75, 3.05) is 6.61 Å². The molecule has 0 heterocycles. The van der Waals surface area contributed by atoms with Crippen LogP contribution >= 0.6 is 23.2 Å². The van der Waals surface area contributed by atoms with Gasteiger partial charge in [-0.2, -0.15) is 8.42 Å². The molecule has 3 aromatic rings. The Labute approximate surface area is 181 Å². The lowest BCUT2D eigenvalue weighted by Crippen LogP contribution is -2.07. The Morgan fingerprint density at radius 2 is 1.31 bits per heavy atom. The van der Waals surface area contributed by atoms with Crippen molar-refractivity contribution in [3.63, 3.8) is 0 Å². The van der Waals surface area contributed by atoms with Gasteiger partial charge in [0.1, 0.15) is 0 Å². The number of hydrogen-bond donors (Lipinski definition) is 0. The highest BCUT2D eigenvalue weighted by molar-refractivity contribution is 7.86. The zero-order chi connectivity index (χ0) is 20.9. The van der Waals surface area contributed by atoms with Crippen LogP contribution in [0.1, 0.15) is 23.1 Å². The lowest BCUT2D eigenvalue weighted by Gasteiger charge is -2.10. The van der Waals surface area contributed by atoms with Gasteiger partial charge >= 0.3 is 0 Å². The molecule has 0 N–H and O–H groups in total. The number of aryl methyl sites for hydroxylation is 1. The van der Waals surface area contributed by atoms with E-state index in [-0.39, 0.29) is 11.5 Å². The zero-order valence-electron chi connectivity index (χ0n) is 15.8. The molecule has 29 heavy (non-hydrogen) atoms. The van der Waals surface area contributed by atoms with Gasteiger partial charge < -0.3 is 0 Å². The summed E-state index contributed by atoms with van der Waals surface area (Å²) in [6, 6.07) is 21.6. The summed E-state index contributed by atoms with van der Waals surface area (Å²) in [6.45, 7) is 1.94. The van der Waals surface area contributed by atoms with Crippen molar-refractivity contribution in [1.82, 2.24) is 0 Å². The fourth-order valence-electron chi connectivity index (χ4n) is 2.80. The summed E-state index contributed by atoms with van der Waals surface area (Å²) in [5.74, 6) is 0. The van der Waals surface area contributed by atoms with E-state index in [0.717, 1.165) is 22.3 Å². The molecule has 0 spiro atoms. The van der Waals surface area contributed by atoms with Crippen LogP contribution in [0.25, 0.3) is 5.57 Å². The number of benzene rings is 3. The molecule has 0 fully saturated rings. The number of rotatable bonds is 7. The molecule has 0 aliphatic rings. The minimum atomic E-state index is -3.78. The van der Waals surface area contributed by atoms with E-state index in [9.17, 15) is 8.42 Å². The minimum absolute atomic E-state index is 0.0425. The molecule has 0 saturated carbocycles. The van der Waals surface area contributed by atoms with E-state index in [1.165, 1.54) is 0 Å². The summed E-state index contributed by atoms with van der Waals surface area (Å²) in [7, 11) is -3.78. The SMILES string of the molecule is Cc1ccc(S(=O)(=O)OCCC=C(c2ccc(Cl)cc2)c2ccc(Cl)cc2)cc1. The van der Waals surface area contributed by atoms with E-state index < -0.39 is 10.1 Å². The molecular weight excluding hydrogens is 427 g/mol. The van der Waals surface area contributed by atoms with Crippen molar-refractivity contribution in [2.45, 2.75) is 18.2 Å². The molecular formula is C23H20Cl2O3S. The molecule has 0 radical (unpaired) electrons. The highest BCUT2D eigenvalue weighted by Crippen LogP contribution is 2.26. The average Bonchev–Trinajstić information content (AvgIpc) is 2.70. The third kappa shape index (κ3) is 5.94. The monoisotopic (exact) mass is 446 g/mol. The first-order valence-electron chi connectivity index (χ1n) is 9.03. The Morgan fingerprint density at radius 3 is 1.79 bits per heavy atom. The smallest absolute Gasteiger partial charge is 0.266 e. The Morgan fingerprint density at radius 1 is 0.828 bits per heavy atom. The van der Waals surface area contributed by atoms with Crippen LogP contribution < -0.4 is 0 Å². The van der Waals surface area contributed by atoms with Gasteiger partial charge in [0.05, 0.1) is 11.5 Å². The van der Waals surface area contributed by atoms with Gasteiger partial charge in [0, 0.05) is 10.0 Å². The van der Waals surface area contributed by atoms with Crippen molar-refractivity contribution in [3.8, 4) is 0 Å². The largest absolute Gasteiger partial charge is 0.296 e. The molecule has 0 aliphatic heterocycles. The highest BCUT2D eigenvalue weighted by Gasteiger charge is 2.14. The maximum Gasteiger partial charge on any atom is 0.296 e. The number of halogens is 2. The van der Waals surface area contributed by atoms with Crippen LogP contribution in [0.15, 0.2) is 83.8 Å². The normalized spacial score (nSPS) is 11.3. The van der Waals surface area contributed by atoms with Gasteiger partial charge in [0.2, 0.25) is 0 Å². The maximum atomic E-state index is 12.3. The van der Waals surface area contributed by atoms with Gasteiger partial charge in [-0.05, 0) is 66.4 Å². The van der Waals surface area contributed by atoms with Gasteiger partial charge in [0.15, 0.2) is 0 Å². The summed E-state index contributed by atoms with van der Waals surface area (Å²) < 4.78 is 29.9. The van der Waals surface area contributed by atoms with Crippen LogP contribution in [0.3, 0.4) is 0 Å². The van der Waals surface area contributed by atoms with Gasteiger partial charge in [-0.1, -0.05) is 71.2 Å². The first kappa shape index (κ1) is 21.6. The zero-order valence-corrected chi connectivity index (χ0v) is 18.1. The topological polar surface area (TPSA) is 43.4 Å². The van der Waals surface area contributed by atoms with Crippen LogP contribution in [0, 0.1) is 6.92 Å². The van der Waals surface area contributed by atoms with Crippen LogP contribution in [-0.4, -0.2) is 15.0 Å². The highest BCUT2D eigenvalue weighted by atomic mass is 35.5. The van der Waals surface area contributed by atoms with Crippen molar-refractivity contribution < 1.29 is 12.6 Å². The molecule has 6 heteroatoms.